The highest BCUT2D eigenvalue weighted by molar-refractivity contribution is 6.38. The minimum absolute atomic E-state index is 0.136. The lowest BCUT2D eigenvalue weighted by molar-refractivity contribution is 0.0695. The van der Waals surface area contributed by atoms with Gasteiger partial charge in [0.2, 0.25) is 5.43 Å². The number of halogens is 4. The average molecular weight is 427 g/mol. The Hall–Kier alpha value is -3.24. The molecule has 0 aliphatic carbocycles. The van der Waals surface area contributed by atoms with E-state index in [1.54, 1.807) is 0 Å². The van der Waals surface area contributed by atoms with Crippen molar-refractivity contribution in [2.45, 2.75) is 0 Å². The van der Waals surface area contributed by atoms with Crippen molar-refractivity contribution in [2.75, 3.05) is 24.1 Å². The predicted molar refractivity (Wildman–Crippen MR) is 103 cm³/mol. The molecule has 0 saturated carbocycles. The SMILES string of the molecule is NCCNc1c(F)cc2c(=O)c(C(=O)O)cn(-c3cc(N)c(F)cc3F)c2c1Cl. The molecule has 0 aliphatic rings. The molecule has 0 amide bonds. The fourth-order valence-corrected chi connectivity index (χ4v) is 3.20. The maximum absolute atomic E-state index is 14.5. The van der Waals surface area contributed by atoms with Crippen LogP contribution in [0.15, 0.2) is 29.2 Å². The molecule has 0 bridgehead atoms. The minimum Gasteiger partial charge on any atom is -0.477 e. The fraction of sp³-hybridized carbons (Fsp3) is 0.111. The van der Waals surface area contributed by atoms with E-state index in [-0.39, 0.29) is 35.0 Å². The Morgan fingerprint density at radius 3 is 2.48 bits per heavy atom. The van der Waals surface area contributed by atoms with E-state index in [0.717, 1.165) is 22.9 Å². The maximum atomic E-state index is 14.5. The van der Waals surface area contributed by atoms with E-state index in [1.165, 1.54) is 0 Å². The number of benzene rings is 2. The van der Waals surface area contributed by atoms with Crippen molar-refractivity contribution in [1.29, 1.82) is 0 Å². The first-order valence-electron chi connectivity index (χ1n) is 8.16. The van der Waals surface area contributed by atoms with E-state index in [2.05, 4.69) is 5.32 Å². The molecule has 0 spiro atoms. The monoisotopic (exact) mass is 426 g/mol. The summed E-state index contributed by atoms with van der Waals surface area (Å²) in [5.74, 6) is -4.68. The van der Waals surface area contributed by atoms with Crippen molar-refractivity contribution in [3.05, 3.63) is 62.7 Å². The number of aromatic nitrogens is 1. The minimum atomic E-state index is -1.62. The molecule has 3 aromatic rings. The number of carboxylic acids is 1. The number of fused-ring (bicyclic) bond motifs is 1. The van der Waals surface area contributed by atoms with Gasteiger partial charge in [-0.15, -0.1) is 0 Å². The largest absolute Gasteiger partial charge is 0.477 e. The number of nitrogen functional groups attached to an aromatic ring is 1. The lowest BCUT2D eigenvalue weighted by Crippen LogP contribution is -2.20. The van der Waals surface area contributed by atoms with Gasteiger partial charge in [0.15, 0.2) is 0 Å². The molecule has 0 radical (unpaired) electrons. The molecule has 1 aromatic heterocycles. The number of anilines is 2. The number of nitrogens with zero attached hydrogens (tertiary/aromatic N) is 1. The Balaban J connectivity index is 2.51. The lowest BCUT2D eigenvalue weighted by atomic mass is 10.1. The van der Waals surface area contributed by atoms with Gasteiger partial charge in [-0.05, 0) is 12.1 Å². The summed E-state index contributed by atoms with van der Waals surface area (Å²) in [6.07, 6.45) is 0.819. The van der Waals surface area contributed by atoms with Gasteiger partial charge < -0.3 is 26.5 Å². The number of aromatic carboxylic acids is 1. The summed E-state index contributed by atoms with van der Waals surface area (Å²) in [5, 5.41) is 11.3. The van der Waals surface area contributed by atoms with Crippen molar-refractivity contribution >= 4 is 39.8 Å². The van der Waals surface area contributed by atoms with Crippen molar-refractivity contribution in [3.8, 4) is 5.69 Å². The quantitative estimate of drug-likeness (QED) is 0.465. The van der Waals surface area contributed by atoms with E-state index in [4.69, 9.17) is 23.1 Å². The van der Waals surface area contributed by atoms with Crippen LogP contribution >= 0.6 is 11.6 Å². The van der Waals surface area contributed by atoms with E-state index < -0.39 is 45.5 Å². The molecule has 7 nitrogen and oxygen atoms in total. The molecule has 1 heterocycles. The second-order valence-corrected chi connectivity index (χ2v) is 6.41. The van der Waals surface area contributed by atoms with Gasteiger partial charge in [-0.25, -0.2) is 18.0 Å². The standard InChI is InChI=1S/C18H14ClF3N4O3/c19-14-15(25-2-1-23)11(22)3-7-16(14)26(6-8(17(7)27)18(28)29)13-5-12(24)9(20)4-10(13)21/h3-6,25H,1-2,23-24H2,(H,28,29). The number of nitrogens with two attached hydrogens (primary N) is 2. The van der Waals surface area contributed by atoms with Crippen LogP contribution in [-0.2, 0) is 0 Å². The third-order valence-corrected chi connectivity index (χ3v) is 4.55. The van der Waals surface area contributed by atoms with Gasteiger partial charge in [0.25, 0.3) is 0 Å². The summed E-state index contributed by atoms with van der Waals surface area (Å²) in [6, 6.07) is 2.20. The number of nitrogens with one attached hydrogen (secondary N) is 1. The molecule has 3 rings (SSSR count). The first-order valence-corrected chi connectivity index (χ1v) is 8.54. The van der Waals surface area contributed by atoms with Crippen LogP contribution in [0.1, 0.15) is 10.4 Å². The van der Waals surface area contributed by atoms with Crippen molar-refractivity contribution in [2.24, 2.45) is 5.73 Å². The molecule has 6 N–H and O–H groups in total. The topological polar surface area (TPSA) is 123 Å². The number of carbonyl (C=O) groups is 1. The molecule has 152 valence electrons. The second kappa shape index (κ2) is 7.64. The van der Waals surface area contributed by atoms with Crippen LogP contribution in [0.4, 0.5) is 24.5 Å². The molecular formula is C18H14ClF3N4O3. The molecule has 0 fully saturated rings. The van der Waals surface area contributed by atoms with Crippen LogP contribution in [-0.4, -0.2) is 28.7 Å². The van der Waals surface area contributed by atoms with Crippen LogP contribution < -0.4 is 22.2 Å². The van der Waals surface area contributed by atoms with Gasteiger partial charge >= 0.3 is 5.97 Å². The zero-order valence-corrected chi connectivity index (χ0v) is 15.4. The van der Waals surface area contributed by atoms with Crippen molar-refractivity contribution in [3.63, 3.8) is 0 Å². The predicted octanol–water partition coefficient (Wildman–Crippen LogP) is 2.71. The van der Waals surface area contributed by atoms with Gasteiger partial charge in [-0.1, -0.05) is 11.6 Å². The molecule has 0 saturated heterocycles. The van der Waals surface area contributed by atoms with Gasteiger partial charge in [-0.2, -0.15) is 0 Å². The summed E-state index contributed by atoms with van der Waals surface area (Å²) in [5.41, 5.74) is 7.90. The smallest absolute Gasteiger partial charge is 0.341 e. The number of hydrogen-bond acceptors (Lipinski definition) is 5. The summed E-state index contributed by atoms with van der Waals surface area (Å²) < 4.78 is 43.5. The zero-order chi connectivity index (χ0) is 21.5. The van der Waals surface area contributed by atoms with Gasteiger partial charge in [-0.3, -0.25) is 4.79 Å². The maximum Gasteiger partial charge on any atom is 0.341 e. The summed E-state index contributed by atoms with van der Waals surface area (Å²) in [4.78, 5) is 24.0. The summed E-state index contributed by atoms with van der Waals surface area (Å²) in [6.45, 7) is 0.277. The average Bonchev–Trinajstić information content (AvgIpc) is 2.65. The van der Waals surface area contributed by atoms with E-state index in [1.807, 2.05) is 0 Å². The Morgan fingerprint density at radius 1 is 1.17 bits per heavy atom. The van der Waals surface area contributed by atoms with E-state index >= 15 is 0 Å². The number of pyridine rings is 1. The Morgan fingerprint density at radius 2 is 1.86 bits per heavy atom. The van der Waals surface area contributed by atoms with Gasteiger partial charge in [0, 0.05) is 25.4 Å². The molecule has 0 aliphatic heterocycles. The van der Waals surface area contributed by atoms with Gasteiger partial charge in [0.05, 0.1) is 33.0 Å². The Bertz CT molecular complexity index is 1210. The van der Waals surface area contributed by atoms with E-state index in [0.29, 0.717) is 6.07 Å². The number of carboxylic acid groups (broad SMARTS) is 1. The molecule has 0 atom stereocenters. The highest BCUT2D eigenvalue weighted by Gasteiger charge is 2.23. The molecule has 0 unspecified atom stereocenters. The molecule has 2 aromatic carbocycles. The highest BCUT2D eigenvalue weighted by Crippen LogP contribution is 2.35. The highest BCUT2D eigenvalue weighted by atomic mass is 35.5. The van der Waals surface area contributed by atoms with Crippen molar-refractivity contribution < 1.29 is 23.1 Å². The van der Waals surface area contributed by atoms with Crippen LogP contribution in [0.3, 0.4) is 0 Å². The molecule has 29 heavy (non-hydrogen) atoms. The fourth-order valence-electron chi connectivity index (χ4n) is 2.85. The van der Waals surface area contributed by atoms with Gasteiger partial charge in [0.1, 0.15) is 23.0 Å². The molecule has 11 heteroatoms. The Labute approximate surface area is 166 Å². The van der Waals surface area contributed by atoms with E-state index in [9.17, 15) is 27.9 Å². The summed E-state index contributed by atoms with van der Waals surface area (Å²) >= 11 is 6.29. The van der Waals surface area contributed by atoms with Crippen LogP contribution in [0.2, 0.25) is 5.02 Å². The lowest BCUT2D eigenvalue weighted by Gasteiger charge is -2.18. The zero-order valence-electron chi connectivity index (χ0n) is 14.6. The normalized spacial score (nSPS) is 11.1. The number of rotatable bonds is 5. The Kier molecular flexibility index (Phi) is 5.40. The molecular weight excluding hydrogens is 413 g/mol. The first kappa shape index (κ1) is 20.5. The third kappa shape index (κ3) is 3.47. The van der Waals surface area contributed by atoms with Crippen molar-refractivity contribution in [1.82, 2.24) is 4.57 Å². The number of hydrogen-bond donors (Lipinski definition) is 4. The first-order chi connectivity index (χ1) is 13.7. The van der Waals surface area contributed by atoms with Crippen LogP contribution in [0.5, 0.6) is 0 Å². The third-order valence-electron chi connectivity index (χ3n) is 4.18. The second-order valence-electron chi connectivity index (χ2n) is 6.03. The summed E-state index contributed by atoms with van der Waals surface area (Å²) in [7, 11) is 0. The van der Waals surface area contributed by atoms with Crippen LogP contribution in [0.25, 0.3) is 16.6 Å². The van der Waals surface area contributed by atoms with Crippen LogP contribution in [0, 0.1) is 17.5 Å².